The molecule has 4 aromatic rings. The number of anilines is 2. The highest BCUT2D eigenvalue weighted by atomic mass is 19.1. The summed E-state index contributed by atoms with van der Waals surface area (Å²) < 4.78 is 44.7. The maximum Gasteiger partial charge on any atom is 0.146 e. The van der Waals surface area contributed by atoms with Crippen LogP contribution >= 0.6 is 0 Å². The lowest BCUT2D eigenvalue weighted by Gasteiger charge is -2.20. The van der Waals surface area contributed by atoms with Crippen molar-refractivity contribution >= 4 is 22.5 Å². The van der Waals surface area contributed by atoms with Gasteiger partial charge in [-0.05, 0) is 31.2 Å². The zero-order chi connectivity index (χ0) is 24.4. The molecule has 0 fully saturated rings. The Morgan fingerprint density at radius 2 is 1.88 bits per heavy atom. The lowest BCUT2D eigenvalue weighted by atomic mass is 10.0. The lowest BCUT2D eigenvalue weighted by molar-refractivity contribution is -0.0184. The van der Waals surface area contributed by atoms with E-state index in [1.54, 1.807) is 12.1 Å². The molecule has 0 aliphatic rings. The molecule has 7 nitrogen and oxygen atoms in total. The SMILES string of the molecule is CCNOC(CNc1ccc(-c2c(C)n(C)c3ncnc(N)c23)c(F)c1)c1ccc(F)cc1F. The van der Waals surface area contributed by atoms with Gasteiger partial charge in [-0.3, -0.25) is 4.84 Å². The molecule has 2 aromatic carbocycles. The Morgan fingerprint density at radius 1 is 1.09 bits per heavy atom. The summed E-state index contributed by atoms with van der Waals surface area (Å²) in [5.41, 5.74) is 11.8. The van der Waals surface area contributed by atoms with Crippen LogP contribution in [0.3, 0.4) is 0 Å². The van der Waals surface area contributed by atoms with Gasteiger partial charge in [0, 0.05) is 54.3 Å². The van der Waals surface area contributed by atoms with Crippen LogP contribution < -0.4 is 16.5 Å². The van der Waals surface area contributed by atoms with E-state index in [1.165, 1.54) is 18.5 Å². The maximum absolute atomic E-state index is 15.3. The normalized spacial score (nSPS) is 12.3. The Kier molecular flexibility index (Phi) is 6.71. The van der Waals surface area contributed by atoms with E-state index >= 15 is 4.39 Å². The Labute approximate surface area is 194 Å². The standard InChI is InChI=1S/C24H25F3N6O/c1-4-32-34-20(16-7-5-14(25)9-18(16)26)11-29-15-6-8-17(19(27)10-15)21-13(2)33(3)24-22(21)23(28)30-12-31-24/h5-10,12,20,29,32H,4,11H2,1-3H3,(H2,28,30,31). The Bertz CT molecular complexity index is 1340. The summed E-state index contributed by atoms with van der Waals surface area (Å²) in [6.07, 6.45) is 0.598. The molecule has 0 radical (unpaired) electrons. The minimum atomic E-state index is -0.777. The predicted molar refractivity (Wildman–Crippen MR) is 125 cm³/mol. The molecular formula is C24H25F3N6O. The average Bonchev–Trinajstić information content (AvgIpc) is 3.06. The fourth-order valence-corrected chi connectivity index (χ4v) is 3.92. The highest BCUT2D eigenvalue weighted by Crippen LogP contribution is 2.37. The number of hydrogen-bond donors (Lipinski definition) is 3. The molecule has 0 amide bonds. The number of halogens is 3. The number of nitrogens with zero attached hydrogens (tertiary/aromatic N) is 3. The zero-order valence-corrected chi connectivity index (χ0v) is 19.0. The van der Waals surface area contributed by atoms with Gasteiger partial charge in [-0.15, -0.1) is 0 Å². The van der Waals surface area contributed by atoms with Crippen LogP contribution in [0.5, 0.6) is 0 Å². The Balaban J connectivity index is 1.61. The number of nitrogens with two attached hydrogens (primary N) is 1. The van der Waals surface area contributed by atoms with Crippen LogP contribution in [0.2, 0.25) is 0 Å². The first-order valence-electron chi connectivity index (χ1n) is 10.7. The number of nitrogen functional groups attached to an aromatic ring is 1. The van der Waals surface area contributed by atoms with Crippen LogP contribution in [0.4, 0.5) is 24.7 Å². The van der Waals surface area contributed by atoms with Crippen molar-refractivity contribution in [3.63, 3.8) is 0 Å². The number of hydrogen-bond acceptors (Lipinski definition) is 6. The largest absolute Gasteiger partial charge is 0.383 e. The van der Waals surface area contributed by atoms with Crippen molar-refractivity contribution in [1.29, 1.82) is 0 Å². The number of benzene rings is 2. The summed E-state index contributed by atoms with van der Waals surface area (Å²) >= 11 is 0. The third kappa shape index (κ3) is 4.42. The van der Waals surface area contributed by atoms with Gasteiger partial charge in [0.1, 0.15) is 41.3 Å². The van der Waals surface area contributed by atoms with Crippen molar-refractivity contribution in [2.45, 2.75) is 20.0 Å². The quantitative estimate of drug-likeness (QED) is 0.325. The minimum Gasteiger partial charge on any atom is -0.383 e. The predicted octanol–water partition coefficient (Wildman–Crippen LogP) is 4.64. The van der Waals surface area contributed by atoms with E-state index in [9.17, 15) is 8.78 Å². The monoisotopic (exact) mass is 470 g/mol. The molecule has 4 rings (SSSR count). The molecule has 34 heavy (non-hydrogen) atoms. The van der Waals surface area contributed by atoms with Gasteiger partial charge in [-0.25, -0.2) is 28.6 Å². The molecule has 1 unspecified atom stereocenters. The van der Waals surface area contributed by atoms with Crippen molar-refractivity contribution in [2.24, 2.45) is 7.05 Å². The van der Waals surface area contributed by atoms with Gasteiger partial charge < -0.3 is 15.6 Å². The van der Waals surface area contributed by atoms with Gasteiger partial charge in [0.15, 0.2) is 0 Å². The van der Waals surface area contributed by atoms with E-state index < -0.39 is 23.6 Å². The lowest BCUT2D eigenvalue weighted by Crippen LogP contribution is -2.24. The Morgan fingerprint density at radius 3 is 2.59 bits per heavy atom. The number of rotatable bonds is 8. The van der Waals surface area contributed by atoms with Crippen molar-refractivity contribution in [2.75, 3.05) is 24.1 Å². The number of nitrogens with one attached hydrogen (secondary N) is 2. The second kappa shape index (κ2) is 9.70. The highest BCUT2D eigenvalue weighted by molar-refractivity contribution is 6.02. The zero-order valence-electron chi connectivity index (χ0n) is 19.0. The second-order valence-electron chi connectivity index (χ2n) is 7.82. The first-order valence-corrected chi connectivity index (χ1v) is 10.7. The molecular weight excluding hydrogens is 445 g/mol. The van der Waals surface area contributed by atoms with Crippen molar-refractivity contribution in [1.82, 2.24) is 20.0 Å². The van der Waals surface area contributed by atoms with Gasteiger partial charge in [-0.1, -0.05) is 13.0 Å². The topological polar surface area (TPSA) is 90.0 Å². The van der Waals surface area contributed by atoms with E-state index in [2.05, 4.69) is 20.8 Å². The van der Waals surface area contributed by atoms with Gasteiger partial charge in [0.2, 0.25) is 0 Å². The van der Waals surface area contributed by atoms with Crippen LogP contribution in [-0.4, -0.2) is 27.6 Å². The summed E-state index contributed by atoms with van der Waals surface area (Å²) in [6.45, 7) is 4.29. The summed E-state index contributed by atoms with van der Waals surface area (Å²) in [5, 5.41) is 3.65. The molecule has 2 heterocycles. The van der Waals surface area contributed by atoms with E-state index in [4.69, 9.17) is 10.6 Å². The highest BCUT2D eigenvalue weighted by Gasteiger charge is 2.21. The summed E-state index contributed by atoms with van der Waals surface area (Å²) in [7, 11) is 1.83. The molecule has 0 saturated carbocycles. The van der Waals surface area contributed by atoms with Gasteiger partial charge >= 0.3 is 0 Å². The number of aryl methyl sites for hydroxylation is 1. The molecule has 0 bridgehead atoms. The third-order valence-electron chi connectivity index (χ3n) is 5.70. The molecule has 0 saturated heterocycles. The van der Waals surface area contributed by atoms with Crippen LogP contribution in [0, 0.1) is 24.4 Å². The summed E-state index contributed by atoms with van der Waals surface area (Å²) in [5.74, 6) is -1.60. The molecule has 0 aliphatic heterocycles. The molecule has 1 atom stereocenters. The molecule has 178 valence electrons. The average molecular weight is 470 g/mol. The third-order valence-corrected chi connectivity index (χ3v) is 5.70. The molecule has 4 N–H and O–H groups in total. The van der Waals surface area contributed by atoms with Crippen LogP contribution in [0.15, 0.2) is 42.7 Å². The van der Waals surface area contributed by atoms with Gasteiger partial charge in [0.25, 0.3) is 0 Å². The van der Waals surface area contributed by atoms with Crippen molar-refractivity contribution in [3.05, 3.63) is 71.4 Å². The van der Waals surface area contributed by atoms with Crippen molar-refractivity contribution < 1.29 is 18.0 Å². The van der Waals surface area contributed by atoms with E-state index in [0.29, 0.717) is 34.4 Å². The molecule has 2 aromatic heterocycles. The molecule has 0 aliphatic carbocycles. The van der Waals surface area contributed by atoms with E-state index in [0.717, 1.165) is 17.8 Å². The van der Waals surface area contributed by atoms with Gasteiger partial charge in [-0.2, -0.15) is 0 Å². The van der Waals surface area contributed by atoms with E-state index in [-0.39, 0.29) is 17.9 Å². The fraction of sp³-hybridized carbons (Fsp3) is 0.250. The fourth-order valence-electron chi connectivity index (χ4n) is 3.92. The number of aromatic nitrogens is 3. The van der Waals surface area contributed by atoms with Crippen LogP contribution in [0.1, 0.15) is 24.3 Å². The van der Waals surface area contributed by atoms with E-state index in [1.807, 2.05) is 25.5 Å². The Hall–Kier alpha value is -3.63. The summed E-state index contributed by atoms with van der Waals surface area (Å²) in [6, 6.07) is 7.99. The number of hydroxylamine groups is 1. The van der Waals surface area contributed by atoms with Gasteiger partial charge in [0.05, 0.1) is 5.39 Å². The first kappa shape index (κ1) is 23.5. The molecule has 0 spiro atoms. The van der Waals surface area contributed by atoms with Crippen LogP contribution in [-0.2, 0) is 11.9 Å². The maximum atomic E-state index is 15.3. The summed E-state index contributed by atoms with van der Waals surface area (Å²) in [4.78, 5) is 13.9. The minimum absolute atomic E-state index is 0.114. The smallest absolute Gasteiger partial charge is 0.146 e. The van der Waals surface area contributed by atoms with Crippen LogP contribution in [0.25, 0.3) is 22.2 Å². The first-order chi connectivity index (χ1) is 16.3. The number of fused-ring (bicyclic) bond motifs is 1. The second-order valence-corrected chi connectivity index (χ2v) is 7.82. The van der Waals surface area contributed by atoms with Crippen molar-refractivity contribution in [3.8, 4) is 11.1 Å². The molecule has 10 heteroatoms.